The van der Waals surface area contributed by atoms with Crippen molar-refractivity contribution in [3.05, 3.63) is 95.0 Å². The average molecular weight is 408 g/mol. The zero-order valence-corrected chi connectivity index (χ0v) is 16.2. The van der Waals surface area contributed by atoms with Crippen LogP contribution in [-0.4, -0.2) is 24.9 Å². The fraction of sp³-hybridized carbons (Fsp3) is 0. The number of nitrogens with zero attached hydrogens (tertiary/aromatic N) is 5. The summed E-state index contributed by atoms with van der Waals surface area (Å²) in [5.41, 5.74) is 10.6. The first kappa shape index (κ1) is 18.4. The fourth-order valence-electron chi connectivity index (χ4n) is 3.59. The molecular weight excluding hydrogens is 392 g/mol. The van der Waals surface area contributed by atoms with Crippen LogP contribution in [0.1, 0.15) is 0 Å². The molecule has 2 aromatic heterocycles. The zero-order valence-electron chi connectivity index (χ0n) is 16.2. The number of rotatable bonds is 4. The van der Waals surface area contributed by atoms with Gasteiger partial charge in [0.15, 0.2) is 5.82 Å². The minimum absolute atomic E-state index is 0.00884. The number of hydrogen-bond acceptors (Lipinski definition) is 6. The standard InChI is InChI=1S/C23H16N6O2/c24-23-21-19(20(25-26-23)15-7-3-1-4-8-15)22(16-9-5-2-6-10-16)28(27-21)17-11-13-18(14-12-17)29(30)31/h1-14H,(H2,24,26). The molecule has 2 heterocycles. The lowest BCUT2D eigenvalue weighted by Gasteiger charge is -2.09. The highest BCUT2D eigenvalue weighted by molar-refractivity contribution is 6.06. The van der Waals surface area contributed by atoms with E-state index in [2.05, 4.69) is 10.2 Å². The molecule has 0 bridgehead atoms. The number of nitrogen functional groups attached to an aromatic ring is 1. The van der Waals surface area contributed by atoms with Crippen LogP contribution < -0.4 is 5.73 Å². The Bertz CT molecular complexity index is 1400. The number of hydrogen-bond donors (Lipinski definition) is 1. The van der Waals surface area contributed by atoms with Crippen LogP contribution in [0.4, 0.5) is 11.5 Å². The Hall–Kier alpha value is -4.59. The summed E-state index contributed by atoms with van der Waals surface area (Å²) >= 11 is 0. The number of aromatic nitrogens is 4. The molecular formula is C23H16N6O2. The van der Waals surface area contributed by atoms with Gasteiger partial charge in [0.1, 0.15) is 11.2 Å². The topological polar surface area (TPSA) is 113 Å². The molecule has 0 unspecified atom stereocenters. The average Bonchev–Trinajstić information content (AvgIpc) is 3.22. The second-order valence-electron chi connectivity index (χ2n) is 6.92. The molecule has 0 radical (unpaired) electrons. The van der Waals surface area contributed by atoms with Gasteiger partial charge in [-0.2, -0.15) is 5.10 Å². The third-order valence-corrected chi connectivity index (χ3v) is 5.02. The molecule has 3 aromatic carbocycles. The normalized spacial score (nSPS) is 11.0. The Kier molecular flexibility index (Phi) is 4.37. The molecule has 5 aromatic rings. The molecule has 0 aliphatic rings. The molecule has 31 heavy (non-hydrogen) atoms. The number of nitro groups is 1. The quantitative estimate of drug-likeness (QED) is 0.342. The van der Waals surface area contributed by atoms with Crippen LogP contribution in [-0.2, 0) is 0 Å². The highest BCUT2D eigenvalue weighted by Gasteiger charge is 2.22. The maximum absolute atomic E-state index is 11.1. The van der Waals surface area contributed by atoms with Crippen LogP contribution in [0.5, 0.6) is 0 Å². The molecule has 0 atom stereocenters. The van der Waals surface area contributed by atoms with Crippen LogP contribution in [0.3, 0.4) is 0 Å². The lowest BCUT2D eigenvalue weighted by atomic mass is 10.0. The minimum Gasteiger partial charge on any atom is -0.380 e. The maximum Gasteiger partial charge on any atom is 0.269 e. The molecule has 8 heteroatoms. The van der Waals surface area contributed by atoms with Gasteiger partial charge in [-0.15, -0.1) is 10.2 Å². The first-order valence-corrected chi connectivity index (χ1v) is 9.54. The molecule has 5 rings (SSSR count). The summed E-state index contributed by atoms with van der Waals surface area (Å²) in [7, 11) is 0. The molecule has 0 aliphatic heterocycles. The predicted octanol–water partition coefficient (Wildman–Crippen LogP) is 4.64. The van der Waals surface area contributed by atoms with Gasteiger partial charge in [0, 0.05) is 23.3 Å². The van der Waals surface area contributed by atoms with Crippen molar-refractivity contribution >= 4 is 22.4 Å². The summed E-state index contributed by atoms with van der Waals surface area (Å²) in [6.45, 7) is 0. The highest BCUT2D eigenvalue weighted by Crippen LogP contribution is 2.38. The van der Waals surface area contributed by atoms with E-state index in [0.29, 0.717) is 16.9 Å². The van der Waals surface area contributed by atoms with Crippen LogP contribution in [0.2, 0.25) is 0 Å². The molecule has 2 N–H and O–H groups in total. The van der Waals surface area contributed by atoms with Gasteiger partial charge in [0.05, 0.1) is 21.7 Å². The number of benzene rings is 3. The van der Waals surface area contributed by atoms with Crippen LogP contribution in [0.15, 0.2) is 84.9 Å². The third kappa shape index (κ3) is 3.16. The summed E-state index contributed by atoms with van der Waals surface area (Å²) in [6, 6.07) is 25.7. The second kappa shape index (κ2) is 7.34. The smallest absolute Gasteiger partial charge is 0.269 e. The first-order valence-electron chi connectivity index (χ1n) is 9.54. The third-order valence-electron chi connectivity index (χ3n) is 5.02. The molecule has 0 saturated heterocycles. The van der Waals surface area contributed by atoms with Crippen molar-refractivity contribution in [1.29, 1.82) is 0 Å². The molecule has 150 valence electrons. The Morgan fingerprint density at radius 1 is 0.806 bits per heavy atom. The van der Waals surface area contributed by atoms with E-state index < -0.39 is 4.92 Å². The summed E-state index contributed by atoms with van der Waals surface area (Å²) in [5.74, 6) is 0.215. The minimum atomic E-state index is -0.430. The van der Waals surface area contributed by atoms with Crippen molar-refractivity contribution in [2.24, 2.45) is 0 Å². The van der Waals surface area contributed by atoms with Gasteiger partial charge < -0.3 is 5.73 Å². The predicted molar refractivity (Wildman–Crippen MR) is 119 cm³/mol. The van der Waals surface area contributed by atoms with Crippen molar-refractivity contribution in [2.75, 3.05) is 5.73 Å². The van der Waals surface area contributed by atoms with Crippen LogP contribution in [0, 0.1) is 10.1 Å². The molecule has 8 nitrogen and oxygen atoms in total. The van der Waals surface area contributed by atoms with E-state index in [-0.39, 0.29) is 11.5 Å². The van der Waals surface area contributed by atoms with Crippen molar-refractivity contribution in [3.8, 4) is 28.2 Å². The van der Waals surface area contributed by atoms with E-state index in [1.54, 1.807) is 16.8 Å². The monoisotopic (exact) mass is 408 g/mol. The van der Waals surface area contributed by atoms with Gasteiger partial charge in [0.25, 0.3) is 5.69 Å². The van der Waals surface area contributed by atoms with Gasteiger partial charge in [-0.25, -0.2) is 4.68 Å². The van der Waals surface area contributed by atoms with Gasteiger partial charge in [-0.05, 0) is 12.1 Å². The Balaban J connectivity index is 1.86. The lowest BCUT2D eigenvalue weighted by Crippen LogP contribution is -1.99. The number of nitro benzene ring substituents is 1. The largest absolute Gasteiger partial charge is 0.380 e. The molecule has 0 spiro atoms. The summed E-state index contributed by atoms with van der Waals surface area (Å²) in [4.78, 5) is 10.6. The van der Waals surface area contributed by atoms with E-state index in [0.717, 1.165) is 22.2 Å². The van der Waals surface area contributed by atoms with Gasteiger partial charge >= 0.3 is 0 Å². The number of nitrogens with two attached hydrogens (primary N) is 1. The van der Waals surface area contributed by atoms with Crippen molar-refractivity contribution in [2.45, 2.75) is 0 Å². The van der Waals surface area contributed by atoms with Gasteiger partial charge in [-0.1, -0.05) is 60.7 Å². The Labute approximate surface area is 176 Å². The summed E-state index contributed by atoms with van der Waals surface area (Å²) in [6.07, 6.45) is 0. The first-order chi connectivity index (χ1) is 15.1. The highest BCUT2D eigenvalue weighted by atomic mass is 16.6. The lowest BCUT2D eigenvalue weighted by molar-refractivity contribution is -0.384. The number of non-ortho nitro benzene ring substituents is 1. The van der Waals surface area contributed by atoms with E-state index >= 15 is 0 Å². The van der Waals surface area contributed by atoms with Crippen molar-refractivity contribution in [1.82, 2.24) is 20.0 Å². The molecule has 0 saturated carbocycles. The Morgan fingerprint density at radius 2 is 1.42 bits per heavy atom. The van der Waals surface area contributed by atoms with Crippen molar-refractivity contribution in [3.63, 3.8) is 0 Å². The summed E-state index contributed by atoms with van der Waals surface area (Å²) < 4.78 is 1.73. The van der Waals surface area contributed by atoms with E-state index in [9.17, 15) is 10.1 Å². The zero-order chi connectivity index (χ0) is 21.4. The van der Waals surface area contributed by atoms with E-state index in [1.165, 1.54) is 12.1 Å². The SMILES string of the molecule is Nc1nnc(-c2ccccc2)c2c(-c3ccccc3)n(-c3ccc([N+](=O)[O-])cc3)nc12. The second-order valence-corrected chi connectivity index (χ2v) is 6.92. The fourth-order valence-corrected chi connectivity index (χ4v) is 3.59. The van der Waals surface area contributed by atoms with Crippen LogP contribution in [0.25, 0.3) is 39.1 Å². The van der Waals surface area contributed by atoms with Crippen LogP contribution >= 0.6 is 0 Å². The number of fused-ring (bicyclic) bond motifs is 1. The molecule has 0 fully saturated rings. The van der Waals surface area contributed by atoms with E-state index in [4.69, 9.17) is 10.8 Å². The summed E-state index contributed by atoms with van der Waals surface area (Å²) in [5, 5.41) is 25.1. The number of anilines is 1. The molecule has 0 amide bonds. The maximum atomic E-state index is 11.1. The van der Waals surface area contributed by atoms with Gasteiger partial charge in [0.2, 0.25) is 0 Å². The van der Waals surface area contributed by atoms with Gasteiger partial charge in [-0.3, -0.25) is 10.1 Å². The van der Waals surface area contributed by atoms with E-state index in [1.807, 2.05) is 60.7 Å². The van der Waals surface area contributed by atoms with Crippen molar-refractivity contribution < 1.29 is 4.92 Å². The Morgan fingerprint density at radius 3 is 2.03 bits per heavy atom. The molecule has 0 aliphatic carbocycles.